The second kappa shape index (κ2) is 11.8. The summed E-state index contributed by atoms with van der Waals surface area (Å²) in [6.45, 7) is 5.66. The van der Waals surface area contributed by atoms with E-state index in [1.165, 1.54) is 37.1 Å². The second-order valence-corrected chi connectivity index (χ2v) is 9.61. The first-order valence-corrected chi connectivity index (χ1v) is 13.0. The number of carbonyl (C=O) groups excluding carboxylic acids is 1. The summed E-state index contributed by atoms with van der Waals surface area (Å²) in [5.74, 6) is -0.129. The summed E-state index contributed by atoms with van der Waals surface area (Å²) in [4.78, 5) is 23.8. The van der Waals surface area contributed by atoms with E-state index in [1.54, 1.807) is 18.3 Å². The Labute approximate surface area is 223 Å². The zero-order chi connectivity index (χ0) is 26.3. The molecule has 0 unspecified atom stereocenters. The van der Waals surface area contributed by atoms with Gasteiger partial charge in [-0.2, -0.15) is 0 Å². The molecule has 192 valence electrons. The fraction of sp³-hybridized carbons (Fsp3) is 0.219. The van der Waals surface area contributed by atoms with Crippen molar-refractivity contribution in [3.8, 4) is 11.3 Å². The molecule has 6 heteroatoms. The van der Waals surface area contributed by atoms with E-state index in [1.807, 2.05) is 42.5 Å². The Morgan fingerprint density at radius 3 is 2.58 bits per heavy atom. The van der Waals surface area contributed by atoms with Crippen LogP contribution in [0.15, 0.2) is 91.6 Å². The minimum Gasteiger partial charge on any atom is -0.371 e. The van der Waals surface area contributed by atoms with Crippen molar-refractivity contribution in [3.05, 3.63) is 114 Å². The van der Waals surface area contributed by atoms with Gasteiger partial charge < -0.3 is 10.2 Å². The van der Waals surface area contributed by atoms with Gasteiger partial charge in [0.25, 0.3) is 0 Å². The Morgan fingerprint density at radius 1 is 0.974 bits per heavy atom. The van der Waals surface area contributed by atoms with Gasteiger partial charge in [0.15, 0.2) is 5.78 Å². The second-order valence-electron chi connectivity index (χ2n) is 9.61. The third-order valence-corrected chi connectivity index (χ3v) is 6.82. The summed E-state index contributed by atoms with van der Waals surface area (Å²) in [6.07, 6.45) is 7.44. The topological polar surface area (TPSA) is 58.1 Å². The molecule has 0 saturated carbocycles. The van der Waals surface area contributed by atoms with E-state index in [0.29, 0.717) is 29.2 Å². The highest BCUT2D eigenvalue weighted by atomic mass is 19.1. The number of aromatic nitrogens is 2. The number of carbonyl (C=O) groups is 1. The number of hydrogen-bond acceptors (Lipinski definition) is 5. The lowest BCUT2D eigenvalue weighted by Gasteiger charge is -2.29. The van der Waals surface area contributed by atoms with Gasteiger partial charge in [0.1, 0.15) is 5.82 Å². The molecule has 1 saturated heterocycles. The smallest absolute Gasteiger partial charge is 0.227 e. The maximum Gasteiger partial charge on any atom is 0.227 e. The van der Waals surface area contributed by atoms with Gasteiger partial charge in [-0.1, -0.05) is 49.0 Å². The van der Waals surface area contributed by atoms with E-state index in [4.69, 9.17) is 4.98 Å². The highest BCUT2D eigenvalue weighted by Crippen LogP contribution is 2.30. The van der Waals surface area contributed by atoms with Gasteiger partial charge in [0, 0.05) is 54.6 Å². The third kappa shape index (κ3) is 6.14. The number of piperidine rings is 1. The number of anilines is 3. The standard InChI is InChI=1S/C32H31FN4O/c1-2-28(38)19-24-14-15-30(33)29(20-24)31-25(18-23-10-5-3-6-11-23)22-34-32(36-31)35-26-12-9-13-27(21-26)37-16-7-4-8-17-37/h2-3,5-6,9-15,20-22H,1,4,7-8,16-19H2,(H,34,35,36). The van der Waals surface area contributed by atoms with Gasteiger partial charge in [-0.3, -0.25) is 4.79 Å². The molecule has 1 fully saturated rings. The van der Waals surface area contributed by atoms with Gasteiger partial charge in [-0.05, 0) is 66.8 Å². The van der Waals surface area contributed by atoms with Crippen molar-refractivity contribution in [2.75, 3.05) is 23.3 Å². The van der Waals surface area contributed by atoms with Crippen LogP contribution in [0.2, 0.25) is 0 Å². The van der Waals surface area contributed by atoms with Crippen LogP contribution in [-0.4, -0.2) is 28.8 Å². The number of benzene rings is 3. The SMILES string of the molecule is C=CC(=O)Cc1ccc(F)c(-c2nc(Nc3cccc(N4CCCCC4)c3)ncc2Cc2ccccc2)c1. The monoisotopic (exact) mass is 506 g/mol. The van der Waals surface area contributed by atoms with E-state index in [2.05, 4.69) is 33.9 Å². The predicted octanol–water partition coefficient (Wildman–Crippen LogP) is 6.91. The number of nitrogens with zero attached hydrogens (tertiary/aromatic N) is 3. The molecule has 0 atom stereocenters. The Morgan fingerprint density at radius 2 is 1.79 bits per heavy atom. The minimum atomic E-state index is -0.397. The van der Waals surface area contributed by atoms with Gasteiger partial charge in [0.2, 0.25) is 5.95 Å². The third-order valence-electron chi connectivity index (χ3n) is 6.82. The summed E-state index contributed by atoms with van der Waals surface area (Å²) in [5, 5.41) is 3.32. The molecule has 0 amide bonds. The summed E-state index contributed by atoms with van der Waals surface area (Å²) in [6, 6.07) is 22.9. The molecule has 0 radical (unpaired) electrons. The zero-order valence-corrected chi connectivity index (χ0v) is 21.4. The molecule has 4 aromatic rings. The summed E-state index contributed by atoms with van der Waals surface area (Å²) >= 11 is 0. The molecule has 38 heavy (non-hydrogen) atoms. The van der Waals surface area contributed by atoms with Crippen LogP contribution in [0.5, 0.6) is 0 Å². The fourth-order valence-corrected chi connectivity index (χ4v) is 4.84. The maximum absolute atomic E-state index is 15.2. The van der Waals surface area contributed by atoms with Crippen LogP contribution in [-0.2, 0) is 17.6 Å². The predicted molar refractivity (Wildman–Crippen MR) is 151 cm³/mol. The van der Waals surface area contributed by atoms with Crippen LogP contribution in [0.1, 0.15) is 36.0 Å². The number of rotatable bonds is 9. The van der Waals surface area contributed by atoms with Crippen molar-refractivity contribution >= 4 is 23.1 Å². The van der Waals surface area contributed by atoms with Crippen molar-refractivity contribution in [2.45, 2.75) is 32.1 Å². The molecule has 1 N–H and O–H groups in total. The Kier molecular flexibility index (Phi) is 7.88. The van der Waals surface area contributed by atoms with Gasteiger partial charge in [0.05, 0.1) is 5.69 Å². The first-order chi connectivity index (χ1) is 18.6. The summed E-state index contributed by atoms with van der Waals surface area (Å²) < 4.78 is 15.2. The first kappa shape index (κ1) is 25.3. The van der Waals surface area contributed by atoms with E-state index >= 15 is 4.39 Å². The Bertz CT molecular complexity index is 1430. The van der Waals surface area contributed by atoms with Crippen molar-refractivity contribution in [3.63, 3.8) is 0 Å². The summed E-state index contributed by atoms with van der Waals surface area (Å²) in [5.41, 5.74) is 5.48. The van der Waals surface area contributed by atoms with Crippen molar-refractivity contribution in [1.29, 1.82) is 0 Å². The zero-order valence-electron chi connectivity index (χ0n) is 21.4. The molecular weight excluding hydrogens is 475 g/mol. The number of allylic oxidation sites excluding steroid dienone is 1. The molecule has 1 aromatic heterocycles. The lowest BCUT2D eigenvalue weighted by Crippen LogP contribution is -2.29. The van der Waals surface area contributed by atoms with E-state index in [0.717, 1.165) is 29.9 Å². The van der Waals surface area contributed by atoms with Crippen molar-refractivity contribution < 1.29 is 9.18 Å². The molecule has 0 bridgehead atoms. The number of hydrogen-bond donors (Lipinski definition) is 1. The average molecular weight is 507 g/mol. The summed E-state index contributed by atoms with van der Waals surface area (Å²) in [7, 11) is 0. The fourth-order valence-electron chi connectivity index (χ4n) is 4.84. The van der Waals surface area contributed by atoms with Crippen LogP contribution in [0.4, 0.5) is 21.7 Å². The average Bonchev–Trinajstić information content (AvgIpc) is 2.96. The quantitative estimate of drug-likeness (QED) is 0.250. The highest BCUT2D eigenvalue weighted by Gasteiger charge is 2.17. The largest absolute Gasteiger partial charge is 0.371 e. The van der Waals surface area contributed by atoms with Crippen molar-refractivity contribution in [2.24, 2.45) is 0 Å². The highest BCUT2D eigenvalue weighted by molar-refractivity contribution is 5.91. The van der Waals surface area contributed by atoms with Crippen LogP contribution >= 0.6 is 0 Å². The van der Waals surface area contributed by atoms with E-state index < -0.39 is 5.82 Å². The van der Waals surface area contributed by atoms with E-state index in [-0.39, 0.29) is 12.2 Å². The lowest BCUT2D eigenvalue weighted by molar-refractivity contribution is -0.114. The molecule has 1 aliphatic heterocycles. The van der Waals surface area contributed by atoms with Crippen LogP contribution < -0.4 is 10.2 Å². The molecule has 2 heterocycles. The van der Waals surface area contributed by atoms with Gasteiger partial charge in [-0.25, -0.2) is 14.4 Å². The number of ketones is 1. The van der Waals surface area contributed by atoms with Crippen molar-refractivity contribution in [1.82, 2.24) is 9.97 Å². The van der Waals surface area contributed by atoms with Crippen LogP contribution in [0.3, 0.4) is 0 Å². The molecule has 5 nitrogen and oxygen atoms in total. The molecular formula is C32H31FN4O. The van der Waals surface area contributed by atoms with Crippen LogP contribution in [0, 0.1) is 5.82 Å². The Balaban J connectivity index is 1.50. The molecule has 1 aliphatic rings. The normalized spacial score (nSPS) is 13.2. The number of halogens is 1. The maximum atomic E-state index is 15.2. The molecule has 0 aliphatic carbocycles. The lowest BCUT2D eigenvalue weighted by atomic mass is 9.98. The minimum absolute atomic E-state index is 0.120. The van der Waals surface area contributed by atoms with E-state index in [9.17, 15) is 4.79 Å². The van der Waals surface area contributed by atoms with Gasteiger partial charge >= 0.3 is 0 Å². The Hall–Kier alpha value is -4.32. The number of nitrogens with one attached hydrogen (secondary N) is 1. The molecule has 3 aromatic carbocycles. The molecule has 0 spiro atoms. The van der Waals surface area contributed by atoms with Gasteiger partial charge in [-0.15, -0.1) is 0 Å². The molecule has 5 rings (SSSR count). The van der Waals surface area contributed by atoms with Crippen LogP contribution in [0.25, 0.3) is 11.3 Å². The first-order valence-electron chi connectivity index (χ1n) is 13.0.